The zero-order valence-corrected chi connectivity index (χ0v) is 17.7. The lowest BCUT2D eigenvalue weighted by Crippen LogP contribution is -2.27. The lowest BCUT2D eigenvalue weighted by molar-refractivity contribution is -0.123. The van der Waals surface area contributed by atoms with E-state index in [1.807, 2.05) is 54.6 Å². The van der Waals surface area contributed by atoms with Crippen molar-refractivity contribution in [1.29, 1.82) is 0 Å². The van der Waals surface area contributed by atoms with Gasteiger partial charge in [-0.25, -0.2) is 4.79 Å². The van der Waals surface area contributed by atoms with Crippen LogP contribution in [0.15, 0.2) is 83.8 Å². The van der Waals surface area contributed by atoms with Gasteiger partial charge in [-0.2, -0.15) is 0 Å². The molecule has 0 radical (unpaired) electrons. The summed E-state index contributed by atoms with van der Waals surface area (Å²) in [5.74, 6) is -0.750. The molecule has 2 amide bonds. The van der Waals surface area contributed by atoms with Crippen LogP contribution in [0.5, 0.6) is 5.75 Å². The summed E-state index contributed by atoms with van der Waals surface area (Å²) in [4.78, 5) is 37.7. The maximum absolute atomic E-state index is 12.7. The van der Waals surface area contributed by atoms with E-state index in [9.17, 15) is 14.4 Å². The number of carbonyl (C=O) groups excluding carboxylic acids is 2. The van der Waals surface area contributed by atoms with Crippen molar-refractivity contribution < 1.29 is 24.2 Å². The summed E-state index contributed by atoms with van der Waals surface area (Å²) >= 11 is 0.869. The van der Waals surface area contributed by atoms with Crippen LogP contribution in [0.4, 0.5) is 4.79 Å². The SMILES string of the molecule is O=C(O)c1cccc(CN2C(=O)S/C(=C/c3ccc(OCc4ccccc4)cc3)C2=O)c1. The van der Waals surface area contributed by atoms with Crippen LogP contribution in [0, 0.1) is 0 Å². The summed E-state index contributed by atoms with van der Waals surface area (Å²) in [6.45, 7) is 0.484. The molecule has 1 heterocycles. The van der Waals surface area contributed by atoms with Gasteiger partial charge in [0.1, 0.15) is 12.4 Å². The molecule has 1 fully saturated rings. The summed E-state index contributed by atoms with van der Waals surface area (Å²) in [5, 5.41) is 8.74. The van der Waals surface area contributed by atoms with Crippen LogP contribution in [0.3, 0.4) is 0 Å². The van der Waals surface area contributed by atoms with Gasteiger partial charge in [-0.1, -0.05) is 54.6 Å². The smallest absolute Gasteiger partial charge is 0.335 e. The molecule has 0 unspecified atom stereocenters. The summed E-state index contributed by atoms with van der Waals surface area (Å²) in [6.07, 6.45) is 1.67. The largest absolute Gasteiger partial charge is 0.489 e. The van der Waals surface area contributed by atoms with E-state index in [0.717, 1.165) is 27.8 Å². The first-order valence-electron chi connectivity index (χ1n) is 9.84. The Morgan fingerprint density at radius 3 is 2.38 bits per heavy atom. The molecule has 3 aromatic rings. The average Bonchev–Trinajstić information content (AvgIpc) is 3.07. The molecule has 7 heteroatoms. The topological polar surface area (TPSA) is 83.9 Å². The Balaban J connectivity index is 1.42. The quantitative estimate of drug-likeness (QED) is 0.503. The van der Waals surface area contributed by atoms with Crippen LogP contribution in [-0.2, 0) is 17.9 Å². The van der Waals surface area contributed by atoms with Gasteiger partial charge in [0, 0.05) is 0 Å². The van der Waals surface area contributed by atoms with Gasteiger partial charge in [0.25, 0.3) is 11.1 Å². The van der Waals surface area contributed by atoms with Gasteiger partial charge in [-0.05, 0) is 58.8 Å². The Kier molecular flexibility index (Phi) is 6.37. The van der Waals surface area contributed by atoms with E-state index in [4.69, 9.17) is 9.84 Å². The fraction of sp³-hybridized carbons (Fsp3) is 0.0800. The van der Waals surface area contributed by atoms with Crippen molar-refractivity contribution >= 4 is 35.0 Å². The van der Waals surface area contributed by atoms with Crippen LogP contribution in [0.2, 0.25) is 0 Å². The van der Waals surface area contributed by atoms with E-state index in [0.29, 0.717) is 22.8 Å². The monoisotopic (exact) mass is 445 g/mol. The number of carboxylic acid groups (broad SMARTS) is 1. The Bertz CT molecular complexity index is 1190. The van der Waals surface area contributed by atoms with Gasteiger partial charge in [0.15, 0.2) is 0 Å². The standard InChI is InChI=1S/C25H19NO5S/c27-23-22(32-25(30)26(23)15-19-7-4-8-20(13-19)24(28)29)14-17-9-11-21(12-10-17)31-16-18-5-2-1-3-6-18/h1-14H,15-16H2,(H,28,29)/b22-14+. The van der Waals surface area contributed by atoms with Crippen LogP contribution >= 0.6 is 11.8 Å². The number of rotatable bonds is 7. The normalized spacial score (nSPS) is 14.8. The van der Waals surface area contributed by atoms with Gasteiger partial charge in [-0.3, -0.25) is 14.5 Å². The molecule has 1 N–H and O–H groups in total. The van der Waals surface area contributed by atoms with E-state index in [2.05, 4.69) is 0 Å². The maximum Gasteiger partial charge on any atom is 0.335 e. The first kappa shape index (κ1) is 21.4. The molecular weight excluding hydrogens is 426 g/mol. The van der Waals surface area contributed by atoms with Gasteiger partial charge in [-0.15, -0.1) is 0 Å². The highest BCUT2D eigenvalue weighted by Crippen LogP contribution is 2.33. The van der Waals surface area contributed by atoms with Crippen molar-refractivity contribution in [2.45, 2.75) is 13.2 Å². The number of imide groups is 1. The van der Waals surface area contributed by atoms with Crippen molar-refractivity contribution in [3.63, 3.8) is 0 Å². The number of ether oxygens (including phenoxy) is 1. The third-order valence-electron chi connectivity index (χ3n) is 4.81. The number of benzene rings is 3. The molecular formula is C25H19NO5S. The predicted octanol–water partition coefficient (Wildman–Crippen LogP) is 5.20. The van der Waals surface area contributed by atoms with Crippen molar-refractivity contribution in [2.24, 2.45) is 0 Å². The molecule has 32 heavy (non-hydrogen) atoms. The molecule has 0 aliphatic carbocycles. The highest BCUT2D eigenvalue weighted by atomic mass is 32.2. The first-order chi connectivity index (χ1) is 15.5. The number of hydrogen-bond donors (Lipinski definition) is 1. The van der Waals surface area contributed by atoms with Gasteiger partial charge >= 0.3 is 5.97 Å². The van der Waals surface area contributed by atoms with E-state index in [-0.39, 0.29) is 17.3 Å². The lowest BCUT2D eigenvalue weighted by atomic mass is 10.1. The second-order valence-corrected chi connectivity index (χ2v) is 8.11. The number of thioether (sulfide) groups is 1. The van der Waals surface area contributed by atoms with Crippen molar-refractivity contribution in [3.8, 4) is 5.75 Å². The zero-order chi connectivity index (χ0) is 22.5. The highest BCUT2D eigenvalue weighted by Gasteiger charge is 2.35. The highest BCUT2D eigenvalue weighted by molar-refractivity contribution is 8.18. The first-order valence-corrected chi connectivity index (χ1v) is 10.7. The van der Waals surface area contributed by atoms with Gasteiger partial charge in [0.2, 0.25) is 0 Å². The van der Waals surface area contributed by atoms with Crippen LogP contribution < -0.4 is 4.74 Å². The van der Waals surface area contributed by atoms with E-state index in [1.54, 1.807) is 18.2 Å². The number of carboxylic acids is 1. The molecule has 1 aliphatic heterocycles. The Labute approximate surface area is 189 Å². The van der Waals surface area contributed by atoms with Crippen LogP contribution in [0.25, 0.3) is 6.08 Å². The minimum Gasteiger partial charge on any atom is -0.489 e. The maximum atomic E-state index is 12.7. The lowest BCUT2D eigenvalue weighted by Gasteiger charge is -2.12. The summed E-state index contributed by atoms with van der Waals surface area (Å²) in [5.41, 5.74) is 2.53. The number of aromatic carboxylic acids is 1. The van der Waals surface area contributed by atoms with Crippen molar-refractivity contribution in [3.05, 3.63) is 106 Å². The molecule has 1 aliphatic rings. The molecule has 160 valence electrons. The van der Waals surface area contributed by atoms with Gasteiger partial charge in [0.05, 0.1) is 17.0 Å². The molecule has 0 atom stereocenters. The number of amides is 2. The molecule has 0 saturated carbocycles. The molecule has 6 nitrogen and oxygen atoms in total. The van der Waals surface area contributed by atoms with Crippen LogP contribution in [-0.4, -0.2) is 27.1 Å². The summed E-state index contributed by atoms with van der Waals surface area (Å²) < 4.78 is 5.77. The van der Waals surface area contributed by atoms with E-state index >= 15 is 0 Å². The number of carbonyl (C=O) groups is 3. The Morgan fingerprint density at radius 1 is 0.938 bits per heavy atom. The third-order valence-corrected chi connectivity index (χ3v) is 5.72. The van der Waals surface area contributed by atoms with E-state index in [1.165, 1.54) is 12.1 Å². The van der Waals surface area contributed by atoms with Gasteiger partial charge < -0.3 is 9.84 Å². The fourth-order valence-corrected chi connectivity index (χ4v) is 4.01. The average molecular weight is 445 g/mol. The molecule has 0 aromatic heterocycles. The van der Waals surface area contributed by atoms with Crippen molar-refractivity contribution in [2.75, 3.05) is 0 Å². The zero-order valence-electron chi connectivity index (χ0n) is 16.9. The Hall–Kier alpha value is -3.84. The molecule has 0 bridgehead atoms. The van der Waals surface area contributed by atoms with Crippen LogP contribution in [0.1, 0.15) is 27.0 Å². The molecule has 4 rings (SSSR count). The minimum absolute atomic E-state index is 0.0232. The number of nitrogens with zero attached hydrogens (tertiary/aromatic N) is 1. The third kappa shape index (κ3) is 5.07. The second kappa shape index (κ2) is 9.53. The van der Waals surface area contributed by atoms with Crippen molar-refractivity contribution in [1.82, 2.24) is 4.90 Å². The number of hydrogen-bond acceptors (Lipinski definition) is 5. The Morgan fingerprint density at radius 2 is 1.66 bits per heavy atom. The predicted molar refractivity (Wildman–Crippen MR) is 122 cm³/mol. The summed E-state index contributed by atoms with van der Waals surface area (Å²) in [6, 6.07) is 23.3. The molecule has 3 aromatic carbocycles. The van der Waals surface area contributed by atoms with E-state index < -0.39 is 11.9 Å². The molecule has 0 spiro atoms. The fourth-order valence-electron chi connectivity index (χ4n) is 3.17. The minimum atomic E-state index is -1.06. The second-order valence-electron chi connectivity index (χ2n) is 7.12. The molecule has 1 saturated heterocycles. The summed E-state index contributed by atoms with van der Waals surface area (Å²) in [7, 11) is 0.